The van der Waals surface area contributed by atoms with Crippen LogP contribution < -0.4 is 5.73 Å². The summed E-state index contributed by atoms with van der Waals surface area (Å²) in [4.78, 5) is 19.2. The van der Waals surface area contributed by atoms with Crippen LogP contribution in [0, 0.1) is 0 Å². The fourth-order valence-corrected chi connectivity index (χ4v) is 5.17. The Morgan fingerprint density at radius 2 is 1.97 bits per heavy atom. The van der Waals surface area contributed by atoms with Crippen LogP contribution in [0.2, 0.25) is 0 Å². The Kier molecular flexibility index (Phi) is 6.14. The molecule has 1 fully saturated rings. The van der Waals surface area contributed by atoms with Gasteiger partial charge < -0.3 is 20.3 Å². The van der Waals surface area contributed by atoms with Gasteiger partial charge in [-0.2, -0.15) is 9.61 Å². The summed E-state index contributed by atoms with van der Waals surface area (Å²) < 4.78 is 4.50. The van der Waals surface area contributed by atoms with E-state index in [-0.39, 0.29) is 18.2 Å². The molecule has 8 nitrogen and oxygen atoms in total. The Bertz CT molecular complexity index is 1320. The second-order valence-corrected chi connectivity index (χ2v) is 9.63. The predicted molar refractivity (Wildman–Crippen MR) is 135 cm³/mol. The highest BCUT2D eigenvalue weighted by Gasteiger charge is 2.28. The SMILES string of the molecule is CC(O)CC(=O)N1CCC(c2nc3c(-c4ccn(-c5ccccc5)c4)cnn3c(N)c2Br)CC1. The van der Waals surface area contributed by atoms with Crippen LogP contribution in [0.25, 0.3) is 22.5 Å². The molecule has 9 heteroatoms. The highest BCUT2D eigenvalue weighted by molar-refractivity contribution is 9.10. The summed E-state index contributed by atoms with van der Waals surface area (Å²) in [6.45, 7) is 2.92. The van der Waals surface area contributed by atoms with Crippen molar-refractivity contribution in [3.05, 3.63) is 65.2 Å². The zero-order valence-electron chi connectivity index (χ0n) is 18.9. The minimum absolute atomic E-state index is 0.00329. The molecule has 3 N–H and O–H groups in total. The first kappa shape index (κ1) is 22.6. The summed E-state index contributed by atoms with van der Waals surface area (Å²) in [6.07, 6.45) is 7.02. The number of para-hydroxylation sites is 1. The number of amides is 1. The van der Waals surface area contributed by atoms with Gasteiger partial charge in [0.15, 0.2) is 5.65 Å². The number of rotatable bonds is 5. The molecule has 0 radical (unpaired) electrons. The number of likely N-dealkylation sites (tertiary alicyclic amines) is 1. The summed E-state index contributed by atoms with van der Waals surface area (Å²) in [5.74, 6) is 0.687. The summed E-state index contributed by atoms with van der Waals surface area (Å²) in [7, 11) is 0. The summed E-state index contributed by atoms with van der Waals surface area (Å²) in [5.41, 5.74) is 11.1. The highest BCUT2D eigenvalue weighted by atomic mass is 79.9. The van der Waals surface area contributed by atoms with Crippen molar-refractivity contribution < 1.29 is 9.90 Å². The van der Waals surface area contributed by atoms with Gasteiger partial charge in [0.1, 0.15) is 5.82 Å². The van der Waals surface area contributed by atoms with Crippen molar-refractivity contribution >= 4 is 33.3 Å². The Labute approximate surface area is 206 Å². The number of halogens is 1. The van der Waals surface area contributed by atoms with E-state index in [4.69, 9.17) is 10.7 Å². The molecular formula is C25H27BrN6O2. The van der Waals surface area contributed by atoms with Crippen LogP contribution in [0.3, 0.4) is 0 Å². The fraction of sp³-hybridized carbons (Fsp3) is 0.320. The molecule has 0 spiro atoms. The van der Waals surface area contributed by atoms with Crippen molar-refractivity contribution in [1.29, 1.82) is 0 Å². The number of anilines is 1. The monoisotopic (exact) mass is 522 g/mol. The van der Waals surface area contributed by atoms with Gasteiger partial charge in [0, 0.05) is 48.2 Å². The van der Waals surface area contributed by atoms with E-state index in [1.807, 2.05) is 29.3 Å². The molecule has 0 saturated carbocycles. The minimum Gasteiger partial charge on any atom is -0.393 e. The van der Waals surface area contributed by atoms with Gasteiger partial charge in [-0.15, -0.1) is 0 Å². The lowest BCUT2D eigenvalue weighted by Gasteiger charge is -2.32. The minimum atomic E-state index is -0.625. The van der Waals surface area contributed by atoms with Crippen LogP contribution >= 0.6 is 15.9 Å². The first-order chi connectivity index (χ1) is 16.4. The number of benzene rings is 1. The zero-order valence-corrected chi connectivity index (χ0v) is 20.5. The molecule has 4 aromatic rings. The molecule has 176 valence electrons. The fourth-order valence-electron chi connectivity index (χ4n) is 4.59. The first-order valence-corrected chi connectivity index (χ1v) is 12.2. The number of piperidine rings is 1. The second-order valence-electron chi connectivity index (χ2n) is 8.84. The Morgan fingerprint density at radius 1 is 1.24 bits per heavy atom. The van der Waals surface area contributed by atoms with Crippen LogP contribution in [0.5, 0.6) is 0 Å². The predicted octanol–water partition coefficient (Wildman–Crippen LogP) is 4.01. The zero-order chi connectivity index (χ0) is 23.8. The number of hydrogen-bond acceptors (Lipinski definition) is 5. The van der Waals surface area contributed by atoms with Crippen LogP contribution in [-0.4, -0.2) is 54.3 Å². The number of aliphatic hydroxyl groups is 1. The average molecular weight is 523 g/mol. The number of nitrogens with two attached hydrogens (primary N) is 1. The van der Waals surface area contributed by atoms with Crippen molar-refractivity contribution in [3.8, 4) is 16.8 Å². The third-order valence-corrected chi connectivity index (χ3v) is 7.22. The standard InChI is InChI=1S/C25H27BrN6O2/c1-16(33)13-21(34)30-10-7-17(8-11-30)23-22(26)24(27)32-25(29-23)20(14-28-32)18-9-12-31(15-18)19-5-3-2-4-6-19/h2-6,9,12,14-17,33H,7-8,10-11,13,27H2,1H3. The maximum atomic E-state index is 12.3. The number of aliphatic hydroxyl groups excluding tert-OH is 1. The number of aromatic nitrogens is 4. The number of hydrogen-bond donors (Lipinski definition) is 2. The highest BCUT2D eigenvalue weighted by Crippen LogP contribution is 2.37. The first-order valence-electron chi connectivity index (χ1n) is 11.4. The molecular weight excluding hydrogens is 496 g/mol. The number of carbonyl (C=O) groups excluding carboxylic acids is 1. The van der Waals surface area contributed by atoms with Crippen molar-refractivity contribution in [1.82, 2.24) is 24.1 Å². The Balaban J connectivity index is 1.44. The van der Waals surface area contributed by atoms with Gasteiger partial charge in [-0.05, 0) is 53.9 Å². The lowest BCUT2D eigenvalue weighted by molar-refractivity contribution is -0.134. The Morgan fingerprint density at radius 3 is 2.68 bits per heavy atom. The van der Waals surface area contributed by atoms with Crippen LogP contribution in [0.15, 0.2) is 59.5 Å². The van der Waals surface area contributed by atoms with E-state index in [1.54, 1.807) is 17.6 Å². The van der Waals surface area contributed by atoms with Gasteiger partial charge in [0.05, 0.1) is 28.9 Å². The van der Waals surface area contributed by atoms with Gasteiger partial charge in [-0.25, -0.2) is 4.98 Å². The molecule has 1 aromatic carbocycles. The normalized spacial score (nSPS) is 15.7. The van der Waals surface area contributed by atoms with Crippen molar-refractivity contribution in [2.45, 2.75) is 38.2 Å². The topological polar surface area (TPSA) is 102 Å². The third-order valence-electron chi connectivity index (χ3n) is 6.41. The third kappa shape index (κ3) is 4.21. The van der Waals surface area contributed by atoms with Gasteiger partial charge in [0.25, 0.3) is 0 Å². The summed E-state index contributed by atoms with van der Waals surface area (Å²) in [6, 6.07) is 12.2. The number of carbonyl (C=O) groups is 1. The molecule has 5 rings (SSSR count). The molecule has 4 heterocycles. The van der Waals surface area contributed by atoms with Crippen molar-refractivity contribution in [2.24, 2.45) is 0 Å². The average Bonchev–Trinajstić information content (AvgIpc) is 3.49. The molecule has 1 aliphatic heterocycles. The lowest BCUT2D eigenvalue weighted by atomic mass is 9.92. The second kappa shape index (κ2) is 9.23. The van der Waals surface area contributed by atoms with Crippen molar-refractivity contribution in [2.75, 3.05) is 18.8 Å². The largest absolute Gasteiger partial charge is 0.393 e. The smallest absolute Gasteiger partial charge is 0.225 e. The van der Waals surface area contributed by atoms with Crippen LogP contribution in [-0.2, 0) is 4.79 Å². The van der Waals surface area contributed by atoms with Gasteiger partial charge in [-0.1, -0.05) is 18.2 Å². The van der Waals surface area contributed by atoms with E-state index < -0.39 is 6.10 Å². The van der Waals surface area contributed by atoms with E-state index in [9.17, 15) is 9.90 Å². The summed E-state index contributed by atoms with van der Waals surface area (Å²) in [5, 5.41) is 14.0. The lowest BCUT2D eigenvalue weighted by Crippen LogP contribution is -2.39. The maximum Gasteiger partial charge on any atom is 0.225 e. The Hall–Kier alpha value is -3.17. The number of nitrogen functional groups attached to an aromatic ring is 1. The van der Waals surface area contributed by atoms with Gasteiger partial charge in [0.2, 0.25) is 5.91 Å². The molecule has 0 aliphatic carbocycles. The molecule has 3 aromatic heterocycles. The van der Waals surface area contributed by atoms with Crippen LogP contribution in [0.1, 0.15) is 37.8 Å². The quantitative estimate of drug-likeness (QED) is 0.412. The maximum absolute atomic E-state index is 12.3. The van der Waals surface area contributed by atoms with E-state index >= 15 is 0 Å². The molecule has 1 unspecified atom stereocenters. The van der Waals surface area contributed by atoms with E-state index in [0.29, 0.717) is 24.6 Å². The molecule has 1 atom stereocenters. The molecule has 0 bridgehead atoms. The van der Waals surface area contributed by atoms with E-state index in [2.05, 4.69) is 50.0 Å². The van der Waals surface area contributed by atoms with Gasteiger partial charge in [-0.3, -0.25) is 4.79 Å². The number of nitrogens with zero attached hydrogens (tertiary/aromatic N) is 5. The van der Waals surface area contributed by atoms with Crippen molar-refractivity contribution in [3.63, 3.8) is 0 Å². The van der Waals surface area contributed by atoms with Gasteiger partial charge >= 0.3 is 0 Å². The molecule has 34 heavy (non-hydrogen) atoms. The van der Waals surface area contributed by atoms with E-state index in [1.165, 1.54) is 0 Å². The molecule has 1 amide bonds. The summed E-state index contributed by atoms with van der Waals surface area (Å²) >= 11 is 3.65. The number of fused-ring (bicyclic) bond motifs is 1. The van der Waals surface area contributed by atoms with E-state index in [0.717, 1.165) is 39.8 Å². The molecule has 1 aliphatic rings. The molecule has 1 saturated heterocycles. The van der Waals surface area contributed by atoms with Crippen LogP contribution in [0.4, 0.5) is 5.82 Å².